The van der Waals surface area contributed by atoms with Crippen LogP contribution in [0.15, 0.2) is 102 Å². The third-order valence-electron chi connectivity index (χ3n) is 11.9. The Morgan fingerprint density at radius 2 is 1.85 bits per heavy atom. The molecule has 2 aliphatic heterocycles. The predicted molar refractivity (Wildman–Crippen MR) is 229 cm³/mol. The number of hydrogen-bond donors (Lipinski definition) is 4. The van der Waals surface area contributed by atoms with Gasteiger partial charge in [-0.25, -0.2) is 23.0 Å². The number of allylic oxidation sites excluding steroid dienone is 4. The zero-order valence-corrected chi connectivity index (χ0v) is 34.9. The second kappa shape index (κ2) is 18.7. The number of fused-ring (bicyclic) bond motifs is 1. The molecule has 8 rings (SSSR count). The predicted octanol–water partition coefficient (Wildman–Crippen LogP) is 5.62. The number of aromatic nitrogens is 2. The molecule has 2 saturated heterocycles. The van der Waals surface area contributed by atoms with Crippen LogP contribution >= 0.6 is 11.6 Å². The van der Waals surface area contributed by atoms with Crippen molar-refractivity contribution in [2.45, 2.75) is 44.1 Å². The van der Waals surface area contributed by atoms with Crippen molar-refractivity contribution in [2.24, 2.45) is 11.8 Å². The highest BCUT2D eigenvalue weighted by atomic mass is 35.5. The first kappa shape index (κ1) is 41.1. The van der Waals surface area contributed by atoms with Gasteiger partial charge in [-0.2, -0.15) is 5.48 Å². The van der Waals surface area contributed by atoms with Crippen molar-refractivity contribution in [3.05, 3.63) is 118 Å². The molecule has 1 amide bonds. The van der Waals surface area contributed by atoms with Gasteiger partial charge >= 0.3 is 0 Å². The van der Waals surface area contributed by atoms with E-state index in [4.69, 9.17) is 25.9 Å². The smallest absolute Gasteiger partial charge is 0.268 e. The van der Waals surface area contributed by atoms with Crippen molar-refractivity contribution < 1.29 is 33.0 Å². The van der Waals surface area contributed by atoms with Crippen molar-refractivity contribution in [1.82, 2.24) is 24.9 Å². The topological polar surface area (TPSA) is 155 Å². The first-order chi connectivity index (χ1) is 28.7. The number of nitrogens with two attached hydrogens (primary N) is 1. The molecule has 0 saturated carbocycles. The minimum Gasteiger partial charge on any atom is -0.455 e. The fourth-order valence-corrected chi connectivity index (χ4v) is 9.85. The number of carbonyl (C=O) groups is 1. The van der Waals surface area contributed by atoms with Gasteiger partial charge in [0.15, 0.2) is 6.04 Å². The van der Waals surface area contributed by atoms with Crippen LogP contribution in [0.3, 0.4) is 0 Å². The number of benzene rings is 2. The second-order valence-corrected chi connectivity index (χ2v) is 18.0. The number of sulfonamides is 1. The van der Waals surface area contributed by atoms with E-state index in [0.29, 0.717) is 29.2 Å². The number of quaternary nitrogens is 1. The minimum atomic E-state index is -4.23. The largest absolute Gasteiger partial charge is 0.455 e. The van der Waals surface area contributed by atoms with Gasteiger partial charge in [0, 0.05) is 93.2 Å². The van der Waals surface area contributed by atoms with Gasteiger partial charge in [-0.3, -0.25) is 9.69 Å². The van der Waals surface area contributed by atoms with Crippen LogP contribution < -0.4 is 25.2 Å². The fraction of sp³-hybridized carbons (Fsp3) is 0.409. The number of H-pyrrole nitrogens is 1. The lowest BCUT2D eigenvalue weighted by Crippen LogP contribution is -2.89. The molecule has 0 radical (unpaired) electrons. The Labute approximate surface area is 350 Å². The number of anilines is 1. The summed E-state index contributed by atoms with van der Waals surface area (Å²) in [6.45, 7) is 6.62. The van der Waals surface area contributed by atoms with E-state index < -0.39 is 15.9 Å². The molecule has 0 bridgehead atoms. The van der Waals surface area contributed by atoms with E-state index in [1.54, 1.807) is 43.2 Å². The zero-order valence-electron chi connectivity index (χ0n) is 33.3. The minimum absolute atomic E-state index is 0.0866. The van der Waals surface area contributed by atoms with E-state index in [9.17, 15) is 13.2 Å². The van der Waals surface area contributed by atoms with Gasteiger partial charge < -0.3 is 24.7 Å². The van der Waals surface area contributed by atoms with Crippen molar-refractivity contribution in [1.29, 1.82) is 0 Å². The van der Waals surface area contributed by atoms with Gasteiger partial charge in [0.1, 0.15) is 17.1 Å². The molecular weight excluding hydrogens is 790 g/mol. The number of pyridine rings is 1. The molecule has 2 aromatic carbocycles. The molecule has 5 N–H and O–H groups in total. The summed E-state index contributed by atoms with van der Waals surface area (Å²) in [6.07, 6.45) is 15.7. The number of piperazine rings is 1. The summed E-state index contributed by atoms with van der Waals surface area (Å²) in [6, 6.07) is 17.0. The van der Waals surface area contributed by atoms with Crippen LogP contribution in [0.2, 0.25) is 5.02 Å². The van der Waals surface area contributed by atoms with E-state index in [-0.39, 0.29) is 28.7 Å². The third-order valence-corrected chi connectivity index (χ3v) is 13.6. The number of carbonyl (C=O) groups excluding carboxylic acids is 1. The highest BCUT2D eigenvalue weighted by Gasteiger charge is 2.33. The summed E-state index contributed by atoms with van der Waals surface area (Å²) in [5.74, 6) is 1.22. The first-order valence-electron chi connectivity index (χ1n) is 20.5. The molecule has 4 heterocycles. The summed E-state index contributed by atoms with van der Waals surface area (Å²) >= 11 is 6.20. The Kier molecular flexibility index (Phi) is 13.0. The molecule has 3 unspecified atom stereocenters. The lowest BCUT2D eigenvalue weighted by molar-refractivity contribution is -0.907. The summed E-state index contributed by atoms with van der Waals surface area (Å²) in [5, 5.41) is 5.09. The van der Waals surface area contributed by atoms with Crippen molar-refractivity contribution >= 4 is 44.3 Å². The molecule has 2 fully saturated rings. The molecular formula is C44H53ClN7O6S+. The standard InChI is InChI=1S/C44H52ClN7O6S/c1-56-49-41-26-37(11-13-40(41)47-27-30-15-22-57-23-16-30)59(54,55)50-44(53)39-12-10-35(25-42(39)58-36-24-32-14-17-46-43(32)48-28-36)52-20-18-51(19-21-52)29-33-4-2-3-5-38(33)31-6-8-34(45)9-7-31/h3,5-14,17,24-25,28,30,33,38,41,47,49H,2,4,15-16,18-23,26-27,29H2,1H3,(H,46,48)(H,50,53)/p+1. The number of nitrogens with zero attached hydrogens (tertiary/aromatic N) is 3. The Morgan fingerprint density at radius 1 is 1.03 bits per heavy atom. The van der Waals surface area contributed by atoms with E-state index in [1.807, 2.05) is 36.4 Å². The van der Waals surface area contributed by atoms with Crippen molar-refractivity contribution in [2.75, 3.05) is 64.5 Å². The van der Waals surface area contributed by atoms with Gasteiger partial charge in [0.25, 0.3) is 15.9 Å². The quantitative estimate of drug-likeness (QED) is 0.0930. The summed E-state index contributed by atoms with van der Waals surface area (Å²) in [5.41, 5.74) is 5.48. The lowest BCUT2D eigenvalue weighted by Gasteiger charge is -2.39. The van der Waals surface area contributed by atoms with Crippen LogP contribution in [0.5, 0.6) is 11.5 Å². The maximum Gasteiger partial charge on any atom is 0.268 e. The number of nitrogens with one attached hydrogen (secondary N) is 3. The number of amides is 1. The van der Waals surface area contributed by atoms with E-state index in [1.165, 1.54) is 5.56 Å². The maximum absolute atomic E-state index is 14.0. The SMILES string of the molecule is CO[NH2+]C1CC(S(=O)(=O)NC(=O)c2ccc(N3CCN(CC4CCC=CC4c4ccc(Cl)cc4)CC3)cc2Oc2cnc3[nH]ccc3c2)=CC=C1NCC1CCOCC1. The van der Waals surface area contributed by atoms with Gasteiger partial charge in [0.05, 0.1) is 29.5 Å². The molecule has 4 aromatic rings. The van der Waals surface area contributed by atoms with Crippen molar-refractivity contribution in [3.8, 4) is 11.5 Å². The molecule has 15 heteroatoms. The zero-order chi connectivity index (χ0) is 40.8. The van der Waals surface area contributed by atoms with Crippen LogP contribution in [0.1, 0.15) is 53.9 Å². The third kappa shape index (κ3) is 10.0. The van der Waals surface area contributed by atoms with Crippen LogP contribution in [0.4, 0.5) is 5.69 Å². The Hall–Kier alpha value is -4.70. The summed E-state index contributed by atoms with van der Waals surface area (Å²) in [4.78, 5) is 31.8. The average molecular weight is 843 g/mol. The number of hydrogen-bond acceptors (Lipinski definition) is 10. The van der Waals surface area contributed by atoms with E-state index >= 15 is 0 Å². The molecule has 2 aromatic heterocycles. The number of ether oxygens (including phenoxy) is 2. The average Bonchev–Trinajstić information content (AvgIpc) is 3.72. The molecule has 0 spiro atoms. The van der Waals surface area contributed by atoms with Crippen LogP contribution in [-0.2, 0) is 19.6 Å². The Balaban J connectivity index is 0.973. The number of halogens is 1. The van der Waals surface area contributed by atoms with Crippen LogP contribution in [-0.4, -0.2) is 94.8 Å². The monoisotopic (exact) mass is 842 g/mol. The second-order valence-electron chi connectivity index (χ2n) is 15.8. The first-order valence-corrected chi connectivity index (χ1v) is 22.4. The van der Waals surface area contributed by atoms with Crippen molar-refractivity contribution in [3.63, 3.8) is 0 Å². The van der Waals surface area contributed by atoms with E-state index in [0.717, 1.165) is 100.0 Å². The van der Waals surface area contributed by atoms with Crippen LogP contribution in [0, 0.1) is 11.8 Å². The summed E-state index contributed by atoms with van der Waals surface area (Å²) < 4.78 is 41.8. The fourth-order valence-electron chi connectivity index (χ4n) is 8.60. The molecule has 4 aliphatic rings. The van der Waals surface area contributed by atoms with Crippen LogP contribution in [0.25, 0.3) is 11.0 Å². The highest BCUT2D eigenvalue weighted by molar-refractivity contribution is 7.93. The number of hydroxylamine groups is 1. The molecule has 13 nitrogen and oxygen atoms in total. The van der Waals surface area contributed by atoms with Gasteiger partial charge in [-0.15, -0.1) is 0 Å². The molecule has 312 valence electrons. The molecule has 2 aliphatic carbocycles. The van der Waals surface area contributed by atoms with E-state index in [2.05, 4.69) is 54.1 Å². The highest BCUT2D eigenvalue weighted by Crippen LogP contribution is 2.36. The van der Waals surface area contributed by atoms with Gasteiger partial charge in [-0.05, 0) is 91.6 Å². The van der Waals surface area contributed by atoms with Gasteiger partial charge in [-0.1, -0.05) is 35.9 Å². The molecule has 59 heavy (non-hydrogen) atoms. The maximum atomic E-state index is 14.0. The molecule has 3 atom stereocenters. The number of aromatic amines is 1. The number of rotatable bonds is 14. The normalized spacial score (nSPS) is 21.9. The van der Waals surface area contributed by atoms with Gasteiger partial charge in [0.2, 0.25) is 0 Å². The Bertz CT molecular complexity index is 2300. The lowest BCUT2D eigenvalue weighted by atomic mass is 9.79. The summed E-state index contributed by atoms with van der Waals surface area (Å²) in [7, 11) is -2.68. The Morgan fingerprint density at radius 3 is 2.64 bits per heavy atom.